The van der Waals surface area contributed by atoms with Gasteiger partial charge in [-0.3, -0.25) is 10.1 Å². The van der Waals surface area contributed by atoms with Gasteiger partial charge in [0, 0.05) is 17.4 Å². The SMILES string of the molecule is COc1ccc(C2NC(C(=O)O)CS2)c(F)c1. The highest BCUT2D eigenvalue weighted by molar-refractivity contribution is 7.99. The molecule has 1 saturated heterocycles. The Morgan fingerprint density at radius 3 is 2.94 bits per heavy atom. The lowest BCUT2D eigenvalue weighted by atomic mass is 10.2. The van der Waals surface area contributed by atoms with Crippen molar-refractivity contribution in [2.75, 3.05) is 12.9 Å². The van der Waals surface area contributed by atoms with Crippen LogP contribution < -0.4 is 10.1 Å². The lowest BCUT2D eigenvalue weighted by molar-refractivity contribution is -0.138. The van der Waals surface area contributed by atoms with E-state index >= 15 is 0 Å². The molecule has 0 aliphatic carbocycles. The molecule has 2 unspecified atom stereocenters. The Labute approximate surface area is 102 Å². The topological polar surface area (TPSA) is 58.6 Å². The van der Waals surface area contributed by atoms with Gasteiger partial charge < -0.3 is 9.84 Å². The Hall–Kier alpha value is -1.27. The summed E-state index contributed by atoms with van der Waals surface area (Å²) in [6, 6.07) is 3.95. The summed E-state index contributed by atoms with van der Waals surface area (Å²) in [4.78, 5) is 10.8. The van der Waals surface area contributed by atoms with Gasteiger partial charge >= 0.3 is 5.97 Å². The van der Waals surface area contributed by atoms with Crippen LogP contribution in [0.15, 0.2) is 18.2 Å². The van der Waals surface area contributed by atoms with Gasteiger partial charge in [-0.15, -0.1) is 11.8 Å². The number of rotatable bonds is 3. The smallest absolute Gasteiger partial charge is 0.321 e. The average Bonchev–Trinajstić information content (AvgIpc) is 2.78. The fraction of sp³-hybridized carbons (Fsp3) is 0.364. The number of methoxy groups -OCH3 is 1. The number of benzene rings is 1. The van der Waals surface area contributed by atoms with E-state index in [0.717, 1.165) is 0 Å². The minimum atomic E-state index is -0.908. The van der Waals surface area contributed by atoms with Crippen molar-refractivity contribution in [2.45, 2.75) is 11.4 Å². The van der Waals surface area contributed by atoms with Gasteiger partial charge in [0.2, 0.25) is 0 Å². The molecule has 2 atom stereocenters. The Kier molecular flexibility index (Phi) is 3.54. The zero-order chi connectivity index (χ0) is 12.4. The first-order chi connectivity index (χ1) is 8.11. The summed E-state index contributed by atoms with van der Waals surface area (Å²) in [7, 11) is 1.47. The second-order valence-electron chi connectivity index (χ2n) is 3.66. The predicted molar refractivity (Wildman–Crippen MR) is 62.7 cm³/mol. The van der Waals surface area contributed by atoms with E-state index in [1.54, 1.807) is 12.1 Å². The largest absolute Gasteiger partial charge is 0.497 e. The molecule has 17 heavy (non-hydrogen) atoms. The normalized spacial score (nSPS) is 23.6. The number of thioether (sulfide) groups is 1. The molecule has 92 valence electrons. The Balaban J connectivity index is 2.16. The lowest BCUT2D eigenvalue weighted by Gasteiger charge is -2.13. The molecular weight excluding hydrogens is 245 g/mol. The van der Waals surface area contributed by atoms with Crippen molar-refractivity contribution in [1.82, 2.24) is 5.32 Å². The van der Waals surface area contributed by atoms with Crippen molar-refractivity contribution in [3.05, 3.63) is 29.6 Å². The molecule has 6 heteroatoms. The van der Waals surface area contributed by atoms with Crippen molar-refractivity contribution in [2.24, 2.45) is 0 Å². The zero-order valence-electron chi connectivity index (χ0n) is 9.14. The maximum Gasteiger partial charge on any atom is 0.321 e. The van der Waals surface area contributed by atoms with E-state index in [1.807, 2.05) is 0 Å². The van der Waals surface area contributed by atoms with Gasteiger partial charge in [-0.25, -0.2) is 4.39 Å². The maximum absolute atomic E-state index is 13.7. The van der Waals surface area contributed by atoms with Crippen molar-refractivity contribution in [1.29, 1.82) is 0 Å². The molecule has 0 bridgehead atoms. The van der Waals surface area contributed by atoms with Crippen molar-refractivity contribution in [3.63, 3.8) is 0 Å². The molecule has 0 saturated carbocycles. The molecule has 2 rings (SSSR count). The number of hydrogen-bond donors (Lipinski definition) is 2. The van der Waals surface area contributed by atoms with Crippen LogP contribution in [0.3, 0.4) is 0 Å². The second kappa shape index (κ2) is 4.93. The molecule has 2 N–H and O–H groups in total. The summed E-state index contributed by atoms with van der Waals surface area (Å²) >= 11 is 1.39. The number of carboxylic acid groups (broad SMARTS) is 1. The third kappa shape index (κ3) is 2.53. The first kappa shape index (κ1) is 12.2. The van der Waals surface area contributed by atoms with Gasteiger partial charge in [-0.2, -0.15) is 0 Å². The average molecular weight is 257 g/mol. The van der Waals surface area contributed by atoms with E-state index in [2.05, 4.69) is 5.32 Å². The quantitative estimate of drug-likeness (QED) is 0.861. The molecular formula is C11H12FNO3S. The standard InChI is InChI=1S/C11H12FNO3S/c1-16-6-2-3-7(8(12)4-6)10-13-9(5-17-10)11(14)15/h2-4,9-10,13H,5H2,1H3,(H,14,15). The van der Waals surface area contributed by atoms with Crippen LogP contribution in [0.25, 0.3) is 0 Å². The first-order valence-corrected chi connectivity index (χ1v) is 6.10. The number of carboxylic acids is 1. The minimum Gasteiger partial charge on any atom is -0.497 e. The third-order valence-corrected chi connectivity index (χ3v) is 3.82. The monoisotopic (exact) mass is 257 g/mol. The fourth-order valence-electron chi connectivity index (χ4n) is 1.64. The van der Waals surface area contributed by atoms with Crippen LogP contribution in [0.2, 0.25) is 0 Å². The van der Waals surface area contributed by atoms with Crippen LogP contribution >= 0.6 is 11.8 Å². The zero-order valence-corrected chi connectivity index (χ0v) is 9.96. The van der Waals surface area contributed by atoms with Crippen molar-refractivity contribution in [3.8, 4) is 5.75 Å². The number of aliphatic carboxylic acids is 1. The van der Waals surface area contributed by atoms with Crippen LogP contribution in [0.4, 0.5) is 4.39 Å². The van der Waals surface area contributed by atoms with E-state index in [9.17, 15) is 9.18 Å². The van der Waals surface area contributed by atoms with Crippen LogP contribution in [-0.4, -0.2) is 30.0 Å². The number of halogens is 1. The molecule has 1 aliphatic heterocycles. The summed E-state index contributed by atoms with van der Waals surface area (Å²) in [5.74, 6) is -0.413. The summed E-state index contributed by atoms with van der Waals surface area (Å²) < 4.78 is 18.6. The molecule has 0 aromatic heterocycles. The maximum atomic E-state index is 13.7. The highest BCUT2D eigenvalue weighted by atomic mass is 32.2. The summed E-state index contributed by atoms with van der Waals surface area (Å²) in [6.07, 6.45) is 0. The molecule has 1 heterocycles. The summed E-state index contributed by atoms with van der Waals surface area (Å²) in [5.41, 5.74) is 0.458. The molecule has 1 aliphatic rings. The van der Waals surface area contributed by atoms with Crippen molar-refractivity contribution >= 4 is 17.7 Å². The molecule has 1 fully saturated rings. The Morgan fingerprint density at radius 1 is 1.65 bits per heavy atom. The van der Waals surface area contributed by atoms with Crippen molar-refractivity contribution < 1.29 is 19.0 Å². The Morgan fingerprint density at radius 2 is 2.41 bits per heavy atom. The van der Waals surface area contributed by atoms with E-state index in [1.165, 1.54) is 24.9 Å². The third-order valence-electron chi connectivity index (χ3n) is 2.57. The van der Waals surface area contributed by atoms with Gasteiger partial charge in [-0.1, -0.05) is 0 Å². The molecule has 1 aromatic carbocycles. The predicted octanol–water partition coefficient (Wildman–Crippen LogP) is 1.62. The highest BCUT2D eigenvalue weighted by Crippen LogP contribution is 2.35. The van der Waals surface area contributed by atoms with E-state index in [0.29, 0.717) is 17.1 Å². The number of carbonyl (C=O) groups is 1. The Bertz CT molecular complexity index is 441. The number of ether oxygens (including phenoxy) is 1. The van der Waals surface area contributed by atoms with Crippen LogP contribution in [-0.2, 0) is 4.79 Å². The van der Waals surface area contributed by atoms with Gasteiger partial charge in [0.15, 0.2) is 0 Å². The van der Waals surface area contributed by atoms with Gasteiger partial charge in [0.1, 0.15) is 17.6 Å². The van der Waals surface area contributed by atoms with Crippen LogP contribution in [0.5, 0.6) is 5.75 Å². The molecule has 4 nitrogen and oxygen atoms in total. The lowest BCUT2D eigenvalue weighted by Crippen LogP contribution is -2.33. The minimum absolute atomic E-state index is 0.318. The van der Waals surface area contributed by atoms with Gasteiger partial charge in [-0.05, 0) is 12.1 Å². The van der Waals surface area contributed by atoms with Crippen LogP contribution in [0, 0.1) is 5.82 Å². The summed E-state index contributed by atoms with van der Waals surface area (Å²) in [6.45, 7) is 0. The molecule has 0 radical (unpaired) electrons. The number of hydrogen-bond acceptors (Lipinski definition) is 4. The van der Waals surface area contributed by atoms with Gasteiger partial charge in [0.25, 0.3) is 0 Å². The molecule has 1 aromatic rings. The molecule has 0 spiro atoms. The summed E-state index contributed by atoms with van der Waals surface area (Å²) in [5, 5.41) is 11.4. The number of nitrogens with one attached hydrogen (secondary N) is 1. The highest BCUT2D eigenvalue weighted by Gasteiger charge is 2.31. The second-order valence-corrected chi connectivity index (χ2v) is 4.80. The first-order valence-electron chi connectivity index (χ1n) is 5.05. The molecule has 0 amide bonds. The fourth-order valence-corrected chi connectivity index (χ4v) is 2.90. The van der Waals surface area contributed by atoms with E-state index < -0.39 is 12.0 Å². The van der Waals surface area contributed by atoms with Gasteiger partial charge in [0.05, 0.1) is 12.5 Å². The van der Waals surface area contributed by atoms with E-state index in [-0.39, 0.29) is 11.2 Å². The van der Waals surface area contributed by atoms with E-state index in [4.69, 9.17) is 9.84 Å². The van der Waals surface area contributed by atoms with Crippen LogP contribution in [0.1, 0.15) is 10.9 Å².